The summed E-state index contributed by atoms with van der Waals surface area (Å²) in [5.74, 6) is -0.535. The van der Waals surface area contributed by atoms with Crippen LogP contribution in [-0.4, -0.2) is 53.5 Å². The third kappa shape index (κ3) is 3.82. The number of amides is 1. The van der Waals surface area contributed by atoms with Crippen molar-refractivity contribution in [2.75, 3.05) is 42.9 Å². The number of hydrogen-bond donors (Lipinski definition) is 2. The number of aromatic amines is 1. The monoisotopic (exact) mass is 401 g/mol. The van der Waals surface area contributed by atoms with Crippen molar-refractivity contribution in [3.05, 3.63) is 51.6 Å². The zero-order valence-electron chi connectivity index (χ0n) is 15.4. The first kappa shape index (κ1) is 18.4. The molecule has 1 aliphatic heterocycles. The number of halogens is 1. The van der Waals surface area contributed by atoms with Gasteiger partial charge in [0.25, 0.3) is 0 Å². The predicted octanol–water partition coefficient (Wildman–Crippen LogP) is 2.24. The van der Waals surface area contributed by atoms with Crippen LogP contribution in [0.4, 0.5) is 11.4 Å². The van der Waals surface area contributed by atoms with E-state index in [1.807, 2.05) is 24.0 Å². The van der Waals surface area contributed by atoms with Crippen molar-refractivity contribution in [3.8, 4) is 0 Å². The number of anilines is 2. The Morgan fingerprint density at radius 3 is 2.82 bits per heavy atom. The number of pyridine rings is 1. The lowest BCUT2D eigenvalue weighted by atomic mass is 10.2. The Labute approximate surface area is 166 Å². The summed E-state index contributed by atoms with van der Waals surface area (Å²) in [6, 6.07) is 7.64. The largest absolute Gasteiger partial charge is 0.418 e. The van der Waals surface area contributed by atoms with E-state index in [-0.39, 0.29) is 12.5 Å². The summed E-state index contributed by atoms with van der Waals surface area (Å²) >= 11 is 6.10. The maximum Gasteiger partial charge on any atom is 0.418 e. The van der Waals surface area contributed by atoms with Gasteiger partial charge in [0.1, 0.15) is 0 Å². The normalized spacial score (nSPS) is 14.5. The van der Waals surface area contributed by atoms with E-state index in [0.29, 0.717) is 30.0 Å². The van der Waals surface area contributed by atoms with Crippen LogP contribution < -0.4 is 16.0 Å². The molecule has 0 atom stereocenters. The number of oxazole rings is 1. The standard InChI is InChI=1S/C19H20ClN5O3/c1-12-8-14(2-3-15(12)20)24-4-6-25(7-5-24)17(26)11-21-13-9-16-18(22-10-13)23-19(27)28-16/h2-3,8-10,21H,4-7,11H2,1H3,(H,22,23,27). The van der Waals surface area contributed by atoms with Gasteiger partial charge in [0.15, 0.2) is 11.2 Å². The van der Waals surface area contributed by atoms with Crippen LogP contribution in [0, 0.1) is 6.92 Å². The fraction of sp³-hybridized carbons (Fsp3) is 0.316. The SMILES string of the molecule is Cc1cc(N2CCN(C(=O)CNc3cnc4[nH]c(=O)oc4c3)CC2)ccc1Cl. The lowest BCUT2D eigenvalue weighted by Gasteiger charge is -2.36. The summed E-state index contributed by atoms with van der Waals surface area (Å²) in [5.41, 5.74) is 3.54. The Kier molecular flexibility index (Phi) is 4.95. The summed E-state index contributed by atoms with van der Waals surface area (Å²) < 4.78 is 4.98. The highest BCUT2D eigenvalue weighted by atomic mass is 35.5. The molecule has 146 valence electrons. The Morgan fingerprint density at radius 2 is 2.07 bits per heavy atom. The minimum atomic E-state index is -0.551. The molecule has 1 fully saturated rings. The molecule has 3 heterocycles. The molecular weight excluding hydrogens is 382 g/mol. The average molecular weight is 402 g/mol. The molecule has 0 saturated carbocycles. The third-order valence-corrected chi connectivity index (χ3v) is 5.28. The minimum Gasteiger partial charge on any atom is -0.406 e. The molecule has 0 radical (unpaired) electrons. The summed E-state index contributed by atoms with van der Waals surface area (Å²) in [5, 5.41) is 3.80. The topological polar surface area (TPSA) is 94.5 Å². The number of benzene rings is 1. The van der Waals surface area contributed by atoms with Crippen LogP contribution in [0.15, 0.2) is 39.7 Å². The van der Waals surface area contributed by atoms with E-state index < -0.39 is 5.76 Å². The van der Waals surface area contributed by atoms with Crippen LogP contribution in [0.1, 0.15) is 5.56 Å². The lowest BCUT2D eigenvalue weighted by molar-refractivity contribution is -0.129. The number of H-pyrrole nitrogens is 1. The number of carbonyl (C=O) groups excluding carboxylic acids is 1. The number of fused-ring (bicyclic) bond motifs is 1. The number of aromatic nitrogens is 2. The van der Waals surface area contributed by atoms with Crippen molar-refractivity contribution in [3.63, 3.8) is 0 Å². The molecule has 2 aromatic heterocycles. The highest BCUT2D eigenvalue weighted by Gasteiger charge is 2.21. The molecule has 9 heteroatoms. The third-order valence-electron chi connectivity index (χ3n) is 4.86. The molecule has 0 spiro atoms. The van der Waals surface area contributed by atoms with Crippen molar-refractivity contribution in [2.45, 2.75) is 6.92 Å². The summed E-state index contributed by atoms with van der Waals surface area (Å²) in [6.45, 7) is 5.01. The van der Waals surface area contributed by atoms with Gasteiger partial charge in [-0.25, -0.2) is 9.78 Å². The van der Waals surface area contributed by atoms with E-state index in [1.165, 1.54) is 0 Å². The van der Waals surface area contributed by atoms with Crippen molar-refractivity contribution >= 4 is 40.1 Å². The van der Waals surface area contributed by atoms with Gasteiger partial charge in [-0.3, -0.25) is 9.78 Å². The zero-order valence-corrected chi connectivity index (χ0v) is 16.1. The summed E-state index contributed by atoms with van der Waals surface area (Å²) in [6.07, 6.45) is 1.56. The number of carbonyl (C=O) groups is 1. The number of rotatable bonds is 4. The first-order valence-corrected chi connectivity index (χ1v) is 9.39. The molecule has 0 bridgehead atoms. The van der Waals surface area contributed by atoms with E-state index in [1.54, 1.807) is 12.3 Å². The number of hydrogen-bond acceptors (Lipinski definition) is 6. The van der Waals surface area contributed by atoms with Crippen molar-refractivity contribution in [2.24, 2.45) is 0 Å². The van der Waals surface area contributed by atoms with Crippen molar-refractivity contribution in [1.29, 1.82) is 0 Å². The number of aryl methyl sites for hydroxylation is 1. The van der Waals surface area contributed by atoms with Gasteiger partial charge in [0.05, 0.1) is 18.4 Å². The predicted molar refractivity (Wildman–Crippen MR) is 108 cm³/mol. The first-order chi connectivity index (χ1) is 13.5. The maximum atomic E-state index is 12.5. The van der Waals surface area contributed by atoms with Crippen molar-refractivity contribution < 1.29 is 9.21 Å². The zero-order chi connectivity index (χ0) is 19.7. The first-order valence-electron chi connectivity index (χ1n) is 9.01. The highest BCUT2D eigenvalue weighted by Crippen LogP contribution is 2.23. The van der Waals surface area contributed by atoms with Crippen LogP contribution in [-0.2, 0) is 4.79 Å². The van der Waals surface area contributed by atoms with E-state index in [0.717, 1.165) is 29.4 Å². The van der Waals surface area contributed by atoms with E-state index in [4.69, 9.17) is 16.0 Å². The van der Waals surface area contributed by atoms with Crippen LogP contribution in [0.25, 0.3) is 11.2 Å². The molecule has 3 aromatic rings. The van der Waals surface area contributed by atoms with Gasteiger partial charge >= 0.3 is 5.76 Å². The Hall–Kier alpha value is -3.00. The molecule has 2 N–H and O–H groups in total. The number of nitrogens with zero attached hydrogens (tertiary/aromatic N) is 3. The Morgan fingerprint density at radius 1 is 1.29 bits per heavy atom. The van der Waals surface area contributed by atoms with Crippen LogP contribution >= 0.6 is 11.6 Å². The van der Waals surface area contributed by atoms with Crippen LogP contribution in [0.3, 0.4) is 0 Å². The molecule has 0 unspecified atom stereocenters. The van der Waals surface area contributed by atoms with Gasteiger partial charge in [-0.15, -0.1) is 0 Å². The fourth-order valence-corrected chi connectivity index (χ4v) is 3.38. The molecule has 1 aromatic carbocycles. The average Bonchev–Trinajstić information content (AvgIpc) is 3.07. The van der Waals surface area contributed by atoms with Gasteiger partial charge in [-0.2, -0.15) is 0 Å². The minimum absolute atomic E-state index is 0.0163. The number of piperazine rings is 1. The summed E-state index contributed by atoms with van der Waals surface area (Å²) in [7, 11) is 0. The maximum absolute atomic E-state index is 12.5. The van der Waals surface area contributed by atoms with E-state index >= 15 is 0 Å². The quantitative estimate of drug-likeness (QED) is 0.696. The van der Waals surface area contributed by atoms with Crippen LogP contribution in [0.5, 0.6) is 0 Å². The van der Waals surface area contributed by atoms with E-state index in [2.05, 4.69) is 26.3 Å². The second-order valence-electron chi connectivity index (χ2n) is 6.74. The smallest absolute Gasteiger partial charge is 0.406 e. The van der Waals surface area contributed by atoms with E-state index in [9.17, 15) is 9.59 Å². The molecule has 1 amide bonds. The van der Waals surface area contributed by atoms with Crippen molar-refractivity contribution in [1.82, 2.24) is 14.9 Å². The molecule has 0 aliphatic carbocycles. The van der Waals surface area contributed by atoms with Gasteiger partial charge in [0, 0.05) is 43.0 Å². The van der Waals surface area contributed by atoms with Gasteiger partial charge in [0.2, 0.25) is 5.91 Å². The fourth-order valence-electron chi connectivity index (χ4n) is 3.26. The van der Waals surface area contributed by atoms with Crippen LogP contribution in [0.2, 0.25) is 5.02 Å². The highest BCUT2D eigenvalue weighted by molar-refractivity contribution is 6.31. The van der Waals surface area contributed by atoms with Gasteiger partial charge in [-0.05, 0) is 30.7 Å². The molecule has 1 aliphatic rings. The Bertz CT molecular complexity index is 1070. The second-order valence-corrected chi connectivity index (χ2v) is 7.15. The molecular formula is C19H20ClN5O3. The molecule has 1 saturated heterocycles. The Balaban J connectivity index is 1.32. The summed E-state index contributed by atoms with van der Waals surface area (Å²) in [4.78, 5) is 34.4. The molecule has 4 rings (SSSR count). The second kappa shape index (κ2) is 7.55. The van der Waals surface area contributed by atoms with Gasteiger partial charge in [-0.1, -0.05) is 11.6 Å². The molecule has 8 nitrogen and oxygen atoms in total. The molecule has 28 heavy (non-hydrogen) atoms. The number of nitrogens with one attached hydrogen (secondary N) is 2. The van der Waals surface area contributed by atoms with Gasteiger partial charge < -0.3 is 19.5 Å². The lowest BCUT2D eigenvalue weighted by Crippen LogP contribution is -2.50.